The van der Waals surface area contributed by atoms with Crippen molar-refractivity contribution >= 4 is 15.7 Å². The van der Waals surface area contributed by atoms with Gasteiger partial charge in [0.15, 0.2) is 0 Å². The van der Waals surface area contributed by atoms with Crippen LogP contribution in [0.1, 0.15) is 26.7 Å². The Morgan fingerprint density at radius 3 is 2.67 bits per heavy atom. The van der Waals surface area contributed by atoms with Gasteiger partial charge in [-0.25, -0.2) is 13.1 Å². The van der Waals surface area contributed by atoms with Crippen LogP contribution in [0.15, 0.2) is 23.1 Å². The number of hydrogen-bond acceptors (Lipinski definition) is 5. The predicted octanol–water partition coefficient (Wildman–Crippen LogP) is 1.76. The zero-order valence-electron chi connectivity index (χ0n) is 12.6. The van der Waals surface area contributed by atoms with Gasteiger partial charge in [0, 0.05) is 25.4 Å². The Kier molecular flexibility index (Phi) is 7.49. The van der Waals surface area contributed by atoms with Crippen molar-refractivity contribution in [1.29, 1.82) is 0 Å². The molecule has 0 radical (unpaired) electrons. The fourth-order valence-electron chi connectivity index (χ4n) is 1.71. The number of nitrogens with two attached hydrogens (primary N) is 1. The topological polar surface area (TPSA) is 90.7 Å². The first kappa shape index (κ1) is 17.7. The minimum atomic E-state index is -3.64. The van der Waals surface area contributed by atoms with Gasteiger partial charge in [-0.05, 0) is 38.0 Å². The quantitative estimate of drug-likeness (QED) is 0.507. The molecule has 0 aliphatic rings. The van der Waals surface area contributed by atoms with Crippen LogP contribution in [-0.2, 0) is 14.8 Å². The van der Waals surface area contributed by atoms with Gasteiger partial charge in [-0.3, -0.25) is 0 Å². The second kappa shape index (κ2) is 8.86. The third kappa shape index (κ3) is 5.91. The molecule has 0 unspecified atom stereocenters. The van der Waals surface area contributed by atoms with E-state index in [9.17, 15) is 8.42 Å². The maximum Gasteiger partial charge on any atom is 0.244 e. The second-order valence-corrected chi connectivity index (χ2v) is 6.24. The van der Waals surface area contributed by atoms with E-state index < -0.39 is 10.0 Å². The highest BCUT2D eigenvalue weighted by Gasteiger charge is 2.19. The Hall–Kier alpha value is -1.31. The average Bonchev–Trinajstić information content (AvgIpc) is 2.45. The molecular formula is C14H24N2O4S. The highest BCUT2D eigenvalue weighted by Crippen LogP contribution is 2.26. The molecule has 6 nitrogen and oxygen atoms in total. The van der Waals surface area contributed by atoms with E-state index in [1.807, 2.05) is 6.92 Å². The normalized spacial score (nSPS) is 11.5. The third-order valence-corrected chi connectivity index (χ3v) is 4.15. The summed E-state index contributed by atoms with van der Waals surface area (Å²) in [5.74, 6) is 0.307. The molecule has 1 aromatic carbocycles. The molecule has 0 aromatic heterocycles. The summed E-state index contributed by atoms with van der Waals surface area (Å²) in [6.45, 7) is 5.74. The highest BCUT2D eigenvalue weighted by atomic mass is 32.2. The van der Waals surface area contributed by atoms with E-state index in [1.54, 1.807) is 19.1 Å². The van der Waals surface area contributed by atoms with E-state index in [0.29, 0.717) is 44.2 Å². The van der Waals surface area contributed by atoms with E-state index in [2.05, 4.69) is 4.72 Å². The molecule has 0 saturated carbocycles. The maximum absolute atomic E-state index is 12.3. The third-order valence-electron chi connectivity index (χ3n) is 2.66. The van der Waals surface area contributed by atoms with Crippen LogP contribution in [0.5, 0.6) is 5.75 Å². The van der Waals surface area contributed by atoms with Crippen LogP contribution < -0.4 is 15.2 Å². The Labute approximate surface area is 126 Å². The standard InChI is InChI=1S/C14H24N2O4S/c1-3-9-19-10-5-8-16-21(17,18)14-11-12(15)6-7-13(14)20-4-2/h6-7,11,16H,3-5,8-10,15H2,1-2H3. The molecular weight excluding hydrogens is 292 g/mol. The maximum atomic E-state index is 12.3. The van der Waals surface area contributed by atoms with Gasteiger partial charge in [0.2, 0.25) is 10.0 Å². The molecule has 0 heterocycles. The molecule has 0 spiro atoms. The van der Waals surface area contributed by atoms with E-state index in [-0.39, 0.29) is 4.90 Å². The Balaban J connectivity index is 2.67. The molecule has 0 fully saturated rings. The smallest absolute Gasteiger partial charge is 0.244 e. The Morgan fingerprint density at radius 1 is 1.24 bits per heavy atom. The fraction of sp³-hybridized carbons (Fsp3) is 0.571. The van der Waals surface area contributed by atoms with Gasteiger partial charge in [-0.1, -0.05) is 6.92 Å². The van der Waals surface area contributed by atoms with Crippen molar-refractivity contribution in [3.8, 4) is 5.75 Å². The molecule has 0 bridgehead atoms. The van der Waals surface area contributed by atoms with Gasteiger partial charge >= 0.3 is 0 Å². The number of nitrogens with one attached hydrogen (secondary N) is 1. The summed E-state index contributed by atoms with van der Waals surface area (Å²) in [4.78, 5) is 0.0684. The summed E-state index contributed by atoms with van der Waals surface area (Å²) in [7, 11) is -3.64. The molecule has 1 rings (SSSR count). The summed E-state index contributed by atoms with van der Waals surface area (Å²) in [5.41, 5.74) is 6.04. The minimum absolute atomic E-state index is 0.0684. The van der Waals surface area contributed by atoms with Crippen molar-refractivity contribution < 1.29 is 17.9 Å². The molecule has 0 atom stereocenters. The summed E-state index contributed by atoms with van der Waals surface area (Å²) < 4.78 is 37.7. The van der Waals surface area contributed by atoms with Crippen LogP contribution in [0, 0.1) is 0 Å². The van der Waals surface area contributed by atoms with Crippen molar-refractivity contribution in [2.45, 2.75) is 31.6 Å². The molecule has 0 aliphatic carbocycles. The molecule has 7 heteroatoms. The van der Waals surface area contributed by atoms with Crippen LogP contribution in [0.4, 0.5) is 5.69 Å². The van der Waals surface area contributed by atoms with Crippen molar-refractivity contribution in [2.24, 2.45) is 0 Å². The predicted molar refractivity (Wildman–Crippen MR) is 82.9 cm³/mol. The number of anilines is 1. The van der Waals surface area contributed by atoms with Gasteiger partial charge in [0.1, 0.15) is 10.6 Å². The largest absolute Gasteiger partial charge is 0.492 e. The number of benzene rings is 1. The minimum Gasteiger partial charge on any atom is -0.492 e. The first-order valence-corrected chi connectivity index (χ1v) is 8.59. The molecule has 0 saturated heterocycles. The van der Waals surface area contributed by atoms with Crippen LogP contribution in [0.3, 0.4) is 0 Å². The van der Waals surface area contributed by atoms with Crippen LogP contribution >= 0.6 is 0 Å². The Morgan fingerprint density at radius 2 is 2.00 bits per heavy atom. The van der Waals surface area contributed by atoms with E-state index in [0.717, 1.165) is 6.42 Å². The van der Waals surface area contributed by atoms with Gasteiger partial charge < -0.3 is 15.2 Å². The first-order valence-electron chi connectivity index (χ1n) is 7.11. The van der Waals surface area contributed by atoms with Gasteiger partial charge in [-0.15, -0.1) is 0 Å². The van der Waals surface area contributed by atoms with Crippen molar-refractivity contribution in [3.63, 3.8) is 0 Å². The molecule has 0 amide bonds. The SMILES string of the molecule is CCCOCCCNS(=O)(=O)c1cc(N)ccc1OCC. The Bertz CT molecular complexity index is 532. The van der Waals surface area contributed by atoms with E-state index in [4.69, 9.17) is 15.2 Å². The average molecular weight is 316 g/mol. The first-order chi connectivity index (χ1) is 10.0. The fourth-order valence-corrected chi connectivity index (χ4v) is 2.97. The number of rotatable bonds is 10. The number of nitrogen functional groups attached to an aromatic ring is 1. The van der Waals surface area contributed by atoms with Gasteiger partial charge in [-0.2, -0.15) is 0 Å². The summed E-state index contributed by atoms with van der Waals surface area (Å²) in [5, 5.41) is 0. The van der Waals surface area contributed by atoms with Crippen LogP contribution in [0.25, 0.3) is 0 Å². The molecule has 120 valence electrons. The summed E-state index contributed by atoms with van der Waals surface area (Å²) >= 11 is 0. The van der Waals surface area contributed by atoms with E-state index >= 15 is 0 Å². The van der Waals surface area contributed by atoms with Gasteiger partial charge in [0.05, 0.1) is 6.61 Å². The lowest BCUT2D eigenvalue weighted by molar-refractivity contribution is 0.133. The van der Waals surface area contributed by atoms with Gasteiger partial charge in [0.25, 0.3) is 0 Å². The zero-order chi connectivity index (χ0) is 15.7. The lowest BCUT2D eigenvalue weighted by atomic mass is 10.3. The number of ether oxygens (including phenoxy) is 2. The number of sulfonamides is 1. The van der Waals surface area contributed by atoms with Crippen LogP contribution in [0.2, 0.25) is 0 Å². The molecule has 3 N–H and O–H groups in total. The van der Waals surface area contributed by atoms with Crippen molar-refractivity contribution in [1.82, 2.24) is 4.72 Å². The highest BCUT2D eigenvalue weighted by molar-refractivity contribution is 7.89. The number of hydrogen-bond donors (Lipinski definition) is 2. The summed E-state index contributed by atoms with van der Waals surface area (Å²) in [6, 6.07) is 4.58. The molecule has 0 aliphatic heterocycles. The monoisotopic (exact) mass is 316 g/mol. The lowest BCUT2D eigenvalue weighted by Crippen LogP contribution is -2.26. The second-order valence-electron chi connectivity index (χ2n) is 4.50. The zero-order valence-corrected chi connectivity index (χ0v) is 13.4. The van der Waals surface area contributed by atoms with Crippen LogP contribution in [-0.4, -0.2) is 34.8 Å². The van der Waals surface area contributed by atoms with E-state index in [1.165, 1.54) is 6.07 Å². The van der Waals surface area contributed by atoms with Crippen molar-refractivity contribution in [3.05, 3.63) is 18.2 Å². The molecule has 21 heavy (non-hydrogen) atoms. The molecule has 1 aromatic rings. The van der Waals surface area contributed by atoms with Crippen molar-refractivity contribution in [2.75, 3.05) is 32.1 Å². The summed E-state index contributed by atoms with van der Waals surface area (Å²) in [6.07, 6.45) is 1.57. The lowest BCUT2D eigenvalue weighted by Gasteiger charge is -2.12.